The van der Waals surface area contributed by atoms with Gasteiger partial charge in [0.2, 0.25) is 5.91 Å². The number of halogens is 2. The van der Waals surface area contributed by atoms with Gasteiger partial charge in [0.25, 0.3) is 5.56 Å². The average molecular weight is 418 g/mol. The number of fused-ring (bicyclic) bond motifs is 1. The van der Waals surface area contributed by atoms with Gasteiger partial charge < -0.3 is 5.32 Å². The number of hydrogen-bond acceptors (Lipinski definition) is 4. The van der Waals surface area contributed by atoms with Crippen LogP contribution >= 0.6 is 23.4 Å². The van der Waals surface area contributed by atoms with Gasteiger partial charge in [0.05, 0.1) is 16.7 Å². The summed E-state index contributed by atoms with van der Waals surface area (Å²) in [5, 5.41) is 4.11. The molecule has 0 radical (unpaired) electrons. The predicted molar refractivity (Wildman–Crippen MR) is 110 cm³/mol. The number of nitrogens with zero attached hydrogens (tertiary/aromatic N) is 2. The lowest BCUT2D eigenvalue weighted by atomic mass is 10.2. The number of thioether (sulfide) groups is 1. The van der Waals surface area contributed by atoms with Crippen molar-refractivity contribution in [2.75, 3.05) is 5.75 Å². The molecule has 1 amide bonds. The Bertz CT molecular complexity index is 1080. The molecule has 0 fully saturated rings. The summed E-state index contributed by atoms with van der Waals surface area (Å²) >= 11 is 7.16. The van der Waals surface area contributed by atoms with E-state index >= 15 is 0 Å². The third-order valence-corrected chi connectivity index (χ3v) is 5.14. The Morgan fingerprint density at radius 2 is 2.04 bits per heavy atom. The quantitative estimate of drug-likeness (QED) is 0.361. The Balaban J connectivity index is 1.74. The van der Waals surface area contributed by atoms with Gasteiger partial charge in [-0.3, -0.25) is 14.2 Å². The van der Waals surface area contributed by atoms with Gasteiger partial charge >= 0.3 is 0 Å². The molecule has 0 unspecified atom stereocenters. The molecule has 1 heterocycles. The average Bonchev–Trinajstić information content (AvgIpc) is 2.68. The van der Waals surface area contributed by atoms with Gasteiger partial charge in [0.15, 0.2) is 5.16 Å². The zero-order valence-electron chi connectivity index (χ0n) is 14.8. The Hall–Kier alpha value is -2.64. The number of benzene rings is 2. The highest BCUT2D eigenvalue weighted by atomic mass is 35.5. The molecule has 1 N–H and O–H groups in total. The summed E-state index contributed by atoms with van der Waals surface area (Å²) < 4.78 is 14.4. The van der Waals surface area contributed by atoms with Crippen molar-refractivity contribution in [3.63, 3.8) is 0 Å². The summed E-state index contributed by atoms with van der Waals surface area (Å²) in [6.45, 7) is 4.25. The highest BCUT2D eigenvalue weighted by molar-refractivity contribution is 7.99. The van der Waals surface area contributed by atoms with Crippen LogP contribution < -0.4 is 10.9 Å². The molecule has 0 bridgehead atoms. The summed E-state index contributed by atoms with van der Waals surface area (Å²) in [6, 6.07) is 10.8. The van der Waals surface area contributed by atoms with Crippen molar-refractivity contribution in [1.82, 2.24) is 14.9 Å². The van der Waals surface area contributed by atoms with E-state index in [1.165, 1.54) is 16.7 Å². The van der Waals surface area contributed by atoms with Gasteiger partial charge in [-0.25, -0.2) is 9.37 Å². The first-order chi connectivity index (χ1) is 13.5. The molecule has 0 spiro atoms. The number of carbonyl (C=O) groups excluding carboxylic acids is 1. The zero-order chi connectivity index (χ0) is 20.1. The maximum Gasteiger partial charge on any atom is 0.262 e. The highest BCUT2D eigenvalue weighted by Crippen LogP contribution is 2.20. The molecule has 0 saturated heterocycles. The molecule has 3 rings (SSSR count). The van der Waals surface area contributed by atoms with Gasteiger partial charge in [-0.1, -0.05) is 41.6 Å². The number of hydrogen-bond donors (Lipinski definition) is 1. The van der Waals surface area contributed by atoms with Crippen LogP contribution in [0.1, 0.15) is 5.56 Å². The largest absolute Gasteiger partial charge is 0.351 e. The molecule has 2 aromatic carbocycles. The molecule has 1 aromatic heterocycles. The number of rotatable bonds is 7. The van der Waals surface area contributed by atoms with E-state index in [0.717, 1.165) is 17.3 Å². The minimum Gasteiger partial charge on any atom is -0.351 e. The molecule has 144 valence electrons. The molecule has 8 heteroatoms. The van der Waals surface area contributed by atoms with Crippen molar-refractivity contribution < 1.29 is 9.18 Å². The number of amides is 1. The van der Waals surface area contributed by atoms with Crippen LogP contribution in [-0.2, 0) is 17.9 Å². The van der Waals surface area contributed by atoms with Crippen LogP contribution in [-0.4, -0.2) is 21.2 Å². The van der Waals surface area contributed by atoms with Gasteiger partial charge in [-0.2, -0.15) is 0 Å². The van der Waals surface area contributed by atoms with Crippen LogP contribution in [0.25, 0.3) is 10.9 Å². The van der Waals surface area contributed by atoms with Gasteiger partial charge in [-0.05, 0) is 35.9 Å². The summed E-state index contributed by atoms with van der Waals surface area (Å²) in [4.78, 5) is 29.4. The van der Waals surface area contributed by atoms with Crippen LogP contribution in [0.4, 0.5) is 4.39 Å². The summed E-state index contributed by atoms with van der Waals surface area (Å²) in [5.41, 5.74) is 1.06. The lowest BCUT2D eigenvalue weighted by Gasteiger charge is -2.11. The summed E-state index contributed by atoms with van der Waals surface area (Å²) in [6.07, 6.45) is 1.60. The molecule has 3 aromatic rings. The van der Waals surface area contributed by atoms with Crippen molar-refractivity contribution in [2.24, 2.45) is 0 Å². The van der Waals surface area contributed by atoms with E-state index in [4.69, 9.17) is 11.6 Å². The minimum absolute atomic E-state index is 0.0802. The van der Waals surface area contributed by atoms with Crippen molar-refractivity contribution >= 4 is 40.2 Å². The third-order valence-electron chi connectivity index (χ3n) is 3.93. The Morgan fingerprint density at radius 3 is 2.75 bits per heavy atom. The van der Waals surface area contributed by atoms with Crippen molar-refractivity contribution in [3.05, 3.63) is 81.9 Å². The van der Waals surface area contributed by atoms with Crippen molar-refractivity contribution in [1.29, 1.82) is 0 Å². The van der Waals surface area contributed by atoms with E-state index in [-0.39, 0.29) is 29.6 Å². The fraction of sp³-hybridized carbons (Fsp3) is 0.150. The number of allylic oxidation sites excluding steroid dienone is 1. The maximum atomic E-state index is 12.9. The molecule has 0 atom stereocenters. The monoisotopic (exact) mass is 417 g/mol. The second kappa shape index (κ2) is 9.03. The standard InChI is InChI=1S/C20H17ClFN3O2S/c1-2-9-25-19(27)16-8-5-14(21)10-17(16)24-20(25)28-12-18(26)23-11-13-3-6-15(22)7-4-13/h2-8,10H,1,9,11-12H2,(H,23,26). The molecular formula is C20H17ClFN3O2S. The van der Waals surface area contributed by atoms with E-state index in [0.29, 0.717) is 27.6 Å². The van der Waals surface area contributed by atoms with Crippen LogP contribution in [0, 0.1) is 5.82 Å². The molecule has 0 aliphatic rings. The van der Waals surface area contributed by atoms with E-state index < -0.39 is 0 Å². The van der Waals surface area contributed by atoms with Gasteiger partial charge in [0.1, 0.15) is 5.82 Å². The predicted octanol–water partition coefficient (Wildman–Crippen LogP) is 3.78. The third kappa shape index (κ3) is 4.79. The smallest absolute Gasteiger partial charge is 0.262 e. The molecule has 0 saturated carbocycles. The van der Waals surface area contributed by atoms with Crippen LogP contribution in [0.2, 0.25) is 5.02 Å². The lowest BCUT2D eigenvalue weighted by Crippen LogP contribution is -2.26. The van der Waals surface area contributed by atoms with Gasteiger partial charge in [-0.15, -0.1) is 6.58 Å². The first-order valence-corrected chi connectivity index (χ1v) is 9.79. The first-order valence-electron chi connectivity index (χ1n) is 8.43. The van der Waals surface area contributed by atoms with E-state index in [2.05, 4.69) is 16.9 Å². The Kier molecular flexibility index (Phi) is 6.49. The van der Waals surface area contributed by atoms with Crippen LogP contribution in [0.5, 0.6) is 0 Å². The number of aromatic nitrogens is 2. The topological polar surface area (TPSA) is 64.0 Å². The molecule has 0 aliphatic heterocycles. The molecule has 28 heavy (non-hydrogen) atoms. The fourth-order valence-electron chi connectivity index (χ4n) is 2.56. The van der Waals surface area contributed by atoms with E-state index in [9.17, 15) is 14.0 Å². The molecular weight excluding hydrogens is 401 g/mol. The molecule has 0 aliphatic carbocycles. The SMILES string of the molecule is C=CCn1c(SCC(=O)NCc2ccc(F)cc2)nc2cc(Cl)ccc2c1=O. The van der Waals surface area contributed by atoms with Crippen molar-refractivity contribution in [3.8, 4) is 0 Å². The lowest BCUT2D eigenvalue weighted by molar-refractivity contribution is -0.118. The van der Waals surface area contributed by atoms with E-state index in [1.807, 2.05) is 0 Å². The second-order valence-electron chi connectivity index (χ2n) is 5.95. The van der Waals surface area contributed by atoms with Crippen LogP contribution in [0.3, 0.4) is 0 Å². The summed E-state index contributed by atoms with van der Waals surface area (Å²) in [7, 11) is 0. The fourth-order valence-corrected chi connectivity index (χ4v) is 3.56. The number of nitrogens with one attached hydrogen (secondary N) is 1. The Labute approximate surface area is 170 Å². The highest BCUT2D eigenvalue weighted by Gasteiger charge is 2.13. The minimum atomic E-state index is -0.326. The maximum absolute atomic E-state index is 12.9. The first kappa shape index (κ1) is 20.1. The zero-order valence-corrected chi connectivity index (χ0v) is 16.4. The van der Waals surface area contributed by atoms with Crippen molar-refractivity contribution in [2.45, 2.75) is 18.2 Å². The van der Waals surface area contributed by atoms with Gasteiger partial charge in [0, 0.05) is 18.1 Å². The number of carbonyl (C=O) groups is 1. The van der Waals surface area contributed by atoms with E-state index in [1.54, 1.807) is 36.4 Å². The van der Waals surface area contributed by atoms with Crippen LogP contribution in [0.15, 0.2) is 65.1 Å². The molecule has 5 nitrogen and oxygen atoms in total. The second-order valence-corrected chi connectivity index (χ2v) is 7.33. The normalized spacial score (nSPS) is 10.8. The Morgan fingerprint density at radius 1 is 1.29 bits per heavy atom. The summed E-state index contributed by atoms with van der Waals surface area (Å²) in [5.74, 6) is -0.468.